The largest absolute Gasteiger partial charge is 0.542 e. The standard InChI is InChI=1S/C12H23O.CH2N2.Mn/c1-2-3-4-5-6-7-8-9-10-11-12-13;2-1-3;/h2-11H2,1H3;2H2;/q-1;;. The number of carbonyl (C=O) groups excluding carboxylic acids is 1. The predicted octanol–water partition coefficient (Wildman–Crippen LogP) is 3.44. The van der Waals surface area contributed by atoms with E-state index in [0.717, 1.165) is 6.42 Å². The summed E-state index contributed by atoms with van der Waals surface area (Å²) in [4.78, 5) is 9.89. The first-order valence-corrected chi connectivity index (χ1v) is 6.28. The molecular weight excluding hydrogens is 255 g/mol. The molecule has 0 aromatic carbocycles. The second-order valence-electron chi connectivity index (χ2n) is 3.85. The van der Waals surface area contributed by atoms with E-state index in [1.54, 1.807) is 0 Å². The molecule has 0 saturated carbocycles. The van der Waals surface area contributed by atoms with Gasteiger partial charge >= 0.3 is 0 Å². The van der Waals surface area contributed by atoms with Crippen molar-refractivity contribution in [1.29, 1.82) is 5.26 Å². The van der Waals surface area contributed by atoms with Crippen LogP contribution in [0.5, 0.6) is 0 Å². The predicted molar refractivity (Wildman–Crippen MR) is 67.3 cm³/mol. The molecule has 0 aromatic rings. The summed E-state index contributed by atoms with van der Waals surface area (Å²) in [6.45, 7) is 2.25. The molecule has 0 aromatic heterocycles. The molecule has 4 heteroatoms. The van der Waals surface area contributed by atoms with Gasteiger partial charge in [0, 0.05) is 17.1 Å². The maximum absolute atomic E-state index is 9.89. The van der Waals surface area contributed by atoms with Gasteiger partial charge in [0.05, 0.1) is 0 Å². The number of hydrogen-bond donors (Lipinski definition) is 1. The van der Waals surface area contributed by atoms with Crippen molar-refractivity contribution in [2.24, 2.45) is 5.73 Å². The topological polar surface area (TPSA) is 66.9 Å². The van der Waals surface area contributed by atoms with Gasteiger partial charge in [-0.2, -0.15) is 11.7 Å². The maximum atomic E-state index is 9.89. The van der Waals surface area contributed by atoms with E-state index in [2.05, 4.69) is 12.7 Å². The molecule has 0 saturated heterocycles. The fourth-order valence-electron chi connectivity index (χ4n) is 1.51. The van der Waals surface area contributed by atoms with Crippen molar-refractivity contribution in [2.45, 2.75) is 71.1 Å². The Labute approximate surface area is 117 Å². The Morgan fingerprint density at radius 2 is 1.35 bits per heavy atom. The molecule has 0 fully saturated rings. The van der Waals surface area contributed by atoms with Gasteiger partial charge in [0.1, 0.15) is 0 Å². The van der Waals surface area contributed by atoms with Crippen molar-refractivity contribution in [3.05, 3.63) is 0 Å². The van der Waals surface area contributed by atoms with Gasteiger partial charge < -0.3 is 10.5 Å². The van der Waals surface area contributed by atoms with E-state index in [9.17, 15) is 4.79 Å². The third kappa shape index (κ3) is 31.3. The van der Waals surface area contributed by atoms with Crippen LogP contribution in [-0.2, 0) is 21.9 Å². The van der Waals surface area contributed by atoms with E-state index in [4.69, 9.17) is 5.26 Å². The molecule has 0 aliphatic carbocycles. The van der Waals surface area contributed by atoms with E-state index in [1.807, 2.05) is 6.29 Å². The second-order valence-corrected chi connectivity index (χ2v) is 3.85. The van der Waals surface area contributed by atoms with Gasteiger partial charge in [-0.1, -0.05) is 64.7 Å². The van der Waals surface area contributed by atoms with Crippen LogP contribution in [0.1, 0.15) is 71.1 Å². The van der Waals surface area contributed by atoms with Gasteiger partial charge in [-0.05, 0) is 0 Å². The molecule has 0 atom stereocenters. The number of hydrogen-bond acceptors (Lipinski definition) is 3. The molecule has 0 aliphatic rings. The maximum Gasteiger partial charge on any atom is 0.173 e. The summed E-state index contributed by atoms with van der Waals surface area (Å²) in [5.41, 5.74) is 4.15. The molecule has 0 amide bonds. The molecule has 101 valence electrons. The molecule has 0 heterocycles. The first-order chi connectivity index (χ1) is 7.83. The van der Waals surface area contributed by atoms with Gasteiger partial charge in [-0.3, -0.25) is 6.29 Å². The van der Waals surface area contributed by atoms with Gasteiger partial charge in [0.2, 0.25) is 0 Å². The van der Waals surface area contributed by atoms with Gasteiger partial charge in [0.25, 0.3) is 0 Å². The molecule has 0 bridgehead atoms. The van der Waals surface area contributed by atoms with Crippen LogP contribution in [0.4, 0.5) is 0 Å². The molecule has 3 nitrogen and oxygen atoms in total. The normalized spacial score (nSPS) is 8.24. The number of rotatable bonds is 10. The fourth-order valence-corrected chi connectivity index (χ4v) is 1.51. The number of nitrogens with zero attached hydrogens (tertiary/aromatic N) is 1. The van der Waals surface area contributed by atoms with Crippen LogP contribution in [0.2, 0.25) is 0 Å². The zero-order valence-electron chi connectivity index (χ0n) is 10.9. The minimum Gasteiger partial charge on any atom is -0.542 e. The third-order valence-corrected chi connectivity index (χ3v) is 2.38. The van der Waals surface area contributed by atoms with Crippen molar-refractivity contribution in [3.63, 3.8) is 0 Å². The molecule has 17 heavy (non-hydrogen) atoms. The molecule has 0 rings (SSSR count). The summed E-state index contributed by atoms with van der Waals surface area (Å²) < 4.78 is 0. The summed E-state index contributed by atoms with van der Waals surface area (Å²) in [5, 5.41) is 7.10. The average molecular weight is 280 g/mol. The van der Waals surface area contributed by atoms with Gasteiger partial charge in [-0.25, -0.2) is 0 Å². The Hall–Kier alpha value is -0.521. The van der Waals surface area contributed by atoms with Crippen LogP contribution < -0.4 is 5.73 Å². The summed E-state index contributed by atoms with van der Waals surface area (Å²) in [5.74, 6) is 0. The Balaban J connectivity index is -0.000000440. The van der Waals surface area contributed by atoms with Crippen LogP contribution in [0.3, 0.4) is 0 Å². The molecule has 0 aliphatic heterocycles. The van der Waals surface area contributed by atoms with Crippen molar-refractivity contribution in [3.8, 4) is 6.19 Å². The zero-order chi connectivity index (χ0) is 12.5. The van der Waals surface area contributed by atoms with Crippen LogP contribution in [0, 0.1) is 11.5 Å². The second kappa shape index (κ2) is 24.6. The van der Waals surface area contributed by atoms with Gasteiger partial charge in [-0.15, -0.1) is 0 Å². The summed E-state index contributed by atoms with van der Waals surface area (Å²) in [6, 6.07) is 0. The molecular formula is C13H25MnN2O-. The third-order valence-electron chi connectivity index (χ3n) is 2.38. The van der Waals surface area contributed by atoms with E-state index in [-0.39, 0.29) is 17.1 Å². The molecule has 2 N–H and O–H groups in total. The minimum absolute atomic E-state index is 0. The summed E-state index contributed by atoms with van der Waals surface area (Å²) in [6.07, 6.45) is 15.6. The minimum atomic E-state index is 0. The first kappa shape index (κ1) is 21.7. The molecule has 0 spiro atoms. The van der Waals surface area contributed by atoms with Crippen LogP contribution in [-0.4, -0.2) is 6.29 Å². The summed E-state index contributed by atoms with van der Waals surface area (Å²) >= 11 is 0. The zero-order valence-corrected chi connectivity index (χ0v) is 12.1. The Morgan fingerprint density at radius 3 is 1.71 bits per heavy atom. The Morgan fingerprint density at radius 1 is 1.00 bits per heavy atom. The van der Waals surface area contributed by atoms with E-state index in [1.165, 1.54) is 57.6 Å². The van der Waals surface area contributed by atoms with Crippen molar-refractivity contribution < 1.29 is 21.9 Å². The van der Waals surface area contributed by atoms with Crippen LogP contribution >= 0.6 is 0 Å². The Bertz CT molecular complexity index is 169. The SMILES string of the molecule is CCCCCCCCCCC[C-]=O.N#CN.[Mn]. The van der Waals surface area contributed by atoms with Crippen molar-refractivity contribution in [2.75, 3.05) is 0 Å². The van der Waals surface area contributed by atoms with E-state index in [0.29, 0.717) is 6.42 Å². The quantitative estimate of drug-likeness (QED) is 0.219. The van der Waals surface area contributed by atoms with Gasteiger partial charge in [0.15, 0.2) is 6.19 Å². The number of nitriles is 1. The van der Waals surface area contributed by atoms with Crippen molar-refractivity contribution in [1.82, 2.24) is 0 Å². The number of nitrogens with two attached hydrogens (primary N) is 1. The monoisotopic (exact) mass is 280 g/mol. The average Bonchev–Trinajstić information content (AvgIpc) is 2.28. The summed E-state index contributed by atoms with van der Waals surface area (Å²) in [7, 11) is 0. The number of unbranched alkanes of at least 4 members (excludes halogenated alkanes) is 9. The smallest absolute Gasteiger partial charge is 0.173 e. The van der Waals surface area contributed by atoms with Crippen LogP contribution in [0.15, 0.2) is 0 Å². The van der Waals surface area contributed by atoms with E-state index >= 15 is 0 Å². The Kier molecular flexibility index (Phi) is 31.5. The molecule has 1 radical (unpaired) electrons. The fraction of sp³-hybridized carbons (Fsp3) is 0.846. The van der Waals surface area contributed by atoms with Crippen LogP contribution in [0.25, 0.3) is 0 Å². The molecule has 0 unspecified atom stereocenters. The van der Waals surface area contributed by atoms with E-state index < -0.39 is 0 Å². The van der Waals surface area contributed by atoms with Crippen molar-refractivity contribution >= 4 is 6.29 Å². The first-order valence-electron chi connectivity index (χ1n) is 6.28.